The van der Waals surface area contributed by atoms with Gasteiger partial charge in [0.2, 0.25) is 0 Å². The second-order valence-electron chi connectivity index (χ2n) is 5.47. The summed E-state index contributed by atoms with van der Waals surface area (Å²) in [5.74, 6) is -0.659. The van der Waals surface area contributed by atoms with Gasteiger partial charge < -0.3 is 10.8 Å². The average molecular weight is 303 g/mol. The van der Waals surface area contributed by atoms with Crippen molar-refractivity contribution in [2.24, 2.45) is 5.92 Å². The predicted octanol–water partition coefficient (Wildman–Crippen LogP) is 3.11. The van der Waals surface area contributed by atoms with Gasteiger partial charge in [0, 0.05) is 11.6 Å². The predicted molar refractivity (Wildman–Crippen MR) is 74.8 cm³/mol. The molecule has 0 bridgehead atoms. The molecule has 3 N–H and O–H groups in total. The summed E-state index contributed by atoms with van der Waals surface area (Å²) in [5, 5.41) is 9.38. The Labute approximate surface area is 122 Å². The maximum absolute atomic E-state index is 12.9. The van der Waals surface area contributed by atoms with Crippen LogP contribution in [0.2, 0.25) is 0 Å². The van der Waals surface area contributed by atoms with E-state index in [1.165, 1.54) is 13.8 Å². The molecule has 1 rings (SSSR count). The van der Waals surface area contributed by atoms with Crippen molar-refractivity contribution in [3.05, 3.63) is 28.8 Å². The van der Waals surface area contributed by atoms with Crippen molar-refractivity contribution in [1.82, 2.24) is 0 Å². The number of benzene rings is 1. The molecule has 2 atom stereocenters. The number of halogens is 3. The fraction of sp³-hybridized carbons (Fsp3) is 0.533. The summed E-state index contributed by atoms with van der Waals surface area (Å²) in [7, 11) is 0. The van der Waals surface area contributed by atoms with E-state index in [1.807, 2.05) is 0 Å². The minimum absolute atomic E-state index is 0.154. The standard InChI is InChI=1S/C15H20F3NO2/c1-8-4-11(6-12(10(3)21)5-9(2)20)7-13(14(8)19)15(16,17)18/h4,7,9,12,20H,5-6,19H2,1-3H3/t9?,12-/m1/s1. The average Bonchev–Trinajstić information content (AvgIpc) is 2.30. The van der Waals surface area contributed by atoms with E-state index in [2.05, 4.69) is 0 Å². The highest BCUT2D eigenvalue weighted by Gasteiger charge is 2.34. The number of nitrogens with two attached hydrogens (primary N) is 1. The number of rotatable bonds is 5. The largest absolute Gasteiger partial charge is 0.418 e. The van der Waals surface area contributed by atoms with Gasteiger partial charge in [-0.15, -0.1) is 0 Å². The van der Waals surface area contributed by atoms with Crippen LogP contribution < -0.4 is 5.73 Å². The monoisotopic (exact) mass is 303 g/mol. The summed E-state index contributed by atoms with van der Waals surface area (Å²) in [6, 6.07) is 2.54. The zero-order valence-electron chi connectivity index (χ0n) is 12.3. The Morgan fingerprint density at radius 2 is 1.95 bits per heavy atom. The number of aliphatic hydroxyl groups is 1. The molecule has 1 aromatic carbocycles. The van der Waals surface area contributed by atoms with Crippen molar-refractivity contribution in [2.75, 3.05) is 5.73 Å². The molecule has 0 spiro atoms. The van der Waals surface area contributed by atoms with Crippen molar-refractivity contribution >= 4 is 11.5 Å². The summed E-state index contributed by atoms with van der Waals surface area (Å²) in [4.78, 5) is 11.6. The van der Waals surface area contributed by atoms with Crippen LogP contribution in [-0.4, -0.2) is 17.0 Å². The van der Waals surface area contributed by atoms with E-state index in [4.69, 9.17) is 5.73 Å². The van der Waals surface area contributed by atoms with E-state index in [-0.39, 0.29) is 24.3 Å². The number of hydrogen-bond acceptors (Lipinski definition) is 3. The van der Waals surface area contributed by atoms with Crippen molar-refractivity contribution in [3.8, 4) is 0 Å². The van der Waals surface area contributed by atoms with E-state index >= 15 is 0 Å². The van der Waals surface area contributed by atoms with Gasteiger partial charge in [-0.1, -0.05) is 6.07 Å². The molecule has 0 saturated carbocycles. The van der Waals surface area contributed by atoms with Crippen LogP contribution in [0.4, 0.5) is 18.9 Å². The van der Waals surface area contributed by atoms with E-state index in [0.717, 1.165) is 6.07 Å². The van der Waals surface area contributed by atoms with Gasteiger partial charge in [-0.05, 0) is 50.8 Å². The first-order valence-electron chi connectivity index (χ1n) is 6.67. The van der Waals surface area contributed by atoms with Crippen molar-refractivity contribution < 1.29 is 23.1 Å². The van der Waals surface area contributed by atoms with Gasteiger partial charge in [0.1, 0.15) is 5.78 Å². The molecule has 1 aromatic rings. The Morgan fingerprint density at radius 3 is 2.38 bits per heavy atom. The normalized spacial score (nSPS) is 14.8. The number of anilines is 1. The Bertz CT molecular complexity index is 524. The molecule has 1 unspecified atom stereocenters. The first kappa shape index (κ1) is 17.5. The molecule has 0 aromatic heterocycles. The number of alkyl halides is 3. The number of carbonyl (C=O) groups is 1. The number of Topliss-reactive ketones (excluding diaryl/α,β-unsaturated/α-hetero) is 1. The highest BCUT2D eigenvalue weighted by atomic mass is 19.4. The molecule has 0 fully saturated rings. The van der Waals surface area contributed by atoms with Gasteiger partial charge in [-0.25, -0.2) is 0 Å². The third kappa shape index (κ3) is 4.74. The fourth-order valence-corrected chi connectivity index (χ4v) is 2.31. The molecule has 0 aliphatic heterocycles. The van der Waals surface area contributed by atoms with Crippen molar-refractivity contribution in [1.29, 1.82) is 0 Å². The van der Waals surface area contributed by atoms with Gasteiger partial charge in [0.15, 0.2) is 0 Å². The van der Waals surface area contributed by atoms with Crippen molar-refractivity contribution in [2.45, 2.75) is 45.9 Å². The number of aryl methyl sites for hydroxylation is 1. The molecule has 21 heavy (non-hydrogen) atoms. The molecule has 0 saturated heterocycles. The fourth-order valence-electron chi connectivity index (χ4n) is 2.31. The number of carbonyl (C=O) groups excluding carboxylic acids is 1. The Hall–Kier alpha value is -1.56. The van der Waals surface area contributed by atoms with Crippen molar-refractivity contribution in [3.63, 3.8) is 0 Å². The Balaban J connectivity index is 3.14. The quantitative estimate of drug-likeness (QED) is 0.822. The number of ketones is 1. The Kier molecular flexibility index (Phi) is 5.39. The maximum Gasteiger partial charge on any atom is 0.418 e. The van der Waals surface area contributed by atoms with Crippen LogP contribution in [0.5, 0.6) is 0 Å². The van der Waals surface area contributed by atoms with Gasteiger partial charge in [-0.3, -0.25) is 4.79 Å². The SMILES string of the molecule is CC(=O)[C@@H](Cc1cc(C)c(N)c(C(F)(F)F)c1)CC(C)O. The molecule has 0 aliphatic carbocycles. The zero-order valence-corrected chi connectivity index (χ0v) is 12.3. The van der Waals surface area contributed by atoms with Gasteiger partial charge in [0.25, 0.3) is 0 Å². The van der Waals surface area contributed by atoms with Crippen LogP contribution in [0.1, 0.15) is 37.0 Å². The first-order chi connectivity index (χ1) is 9.52. The molecule has 0 amide bonds. The summed E-state index contributed by atoms with van der Waals surface area (Å²) < 4.78 is 38.8. The van der Waals surface area contributed by atoms with Crippen LogP contribution in [0.3, 0.4) is 0 Å². The lowest BCUT2D eigenvalue weighted by Crippen LogP contribution is -2.20. The summed E-state index contributed by atoms with van der Waals surface area (Å²) >= 11 is 0. The lowest BCUT2D eigenvalue weighted by Gasteiger charge is -2.18. The number of nitrogen functional groups attached to an aromatic ring is 1. The van der Waals surface area contributed by atoms with E-state index < -0.39 is 23.8 Å². The minimum atomic E-state index is -4.53. The lowest BCUT2D eigenvalue weighted by atomic mass is 9.89. The molecule has 6 heteroatoms. The van der Waals surface area contributed by atoms with Crippen LogP contribution in [0.25, 0.3) is 0 Å². The summed E-state index contributed by atoms with van der Waals surface area (Å²) in [6.45, 7) is 4.43. The van der Waals surface area contributed by atoms with Crippen LogP contribution in [-0.2, 0) is 17.4 Å². The van der Waals surface area contributed by atoms with E-state index in [1.54, 1.807) is 13.0 Å². The lowest BCUT2D eigenvalue weighted by molar-refractivity contribution is -0.137. The summed E-state index contributed by atoms with van der Waals surface area (Å²) in [5.41, 5.74) is 5.04. The third-order valence-corrected chi connectivity index (χ3v) is 3.43. The molecule has 118 valence electrons. The second kappa shape index (κ2) is 6.47. The zero-order chi connectivity index (χ0) is 16.4. The first-order valence-corrected chi connectivity index (χ1v) is 6.67. The molecular weight excluding hydrogens is 283 g/mol. The van der Waals surface area contributed by atoms with E-state index in [9.17, 15) is 23.1 Å². The molecule has 0 aliphatic rings. The second-order valence-corrected chi connectivity index (χ2v) is 5.47. The Morgan fingerprint density at radius 1 is 1.38 bits per heavy atom. The minimum Gasteiger partial charge on any atom is -0.398 e. The van der Waals surface area contributed by atoms with Gasteiger partial charge >= 0.3 is 6.18 Å². The molecule has 0 heterocycles. The van der Waals surface area contributed by atoms with Crippen LogP contribution in [0.15, 0.2) is 12.1 Å². The third-order valence-electron chi connectivity index (χ3n) is 3.43. The highest BCUT2D eigenvalue weighted by molar-refractivity contribution is 5.78. The van der Waals surface area contributed by atoms with E-state index in [0.29, 0.717) is 11.1 Å². The smallest absolute Gasteiger partial charge is 0.398 e. The van der Waals surface area contributed by atoms with Crippen LogP contribution >= 0.6 is 0 Å². The van der Waals surface area contributed by atoms with Crippen LogP contribution in [0, 0.1) is 12.8 Å². The topological polar surface area (TPSA) is 63.3 Å². The molecule has 0 radical (unpaired) electrons. The van der Waals surface area contributed by atoms with Gasteiger partial charge in [0.05, 0.1) is 11.7 Å². The summed E-state index contributed by atoms with van der Waals surface area (Å²) in [6.07, 6.45) is -4.83. The number of aliphatic hydroxyl groups excluding tert-OH is 1. The number of hydrogen-bond donors (Lipinski definition) is 2. The van der Waals surface area contributed by atoms with Gasteiger partial charge in [-0.2, -0.15) is 13.2 Å². The molecular formula is C15H20F3NO2. The highest BCUT2D eigenvalue weighted by Crippen LogP contribution is 2.36. The maximum atomic E-state index is 12.9. The molecule has 3 nitrogen and oxygen atoms in total.